The molecule has 0 aromatic carbocycles. The van der Waals surface area contributed by atoms with Gasteiger partial charge in [0, 0.05) is 0 Å². The monoisotopic (exact) mass is 156 g/mol. The van der Waals surface area contributed by atoms with E-state index < -0.39 is 11.9 Å². The number of rotatable bonds is 3. The van der Waals surface area contributed by atoms with Gasteiger partial charge in [0.15, 0.2) is 0 Å². The Morgan fingerprint density at radius 3 is 2.27 bits per heavy atom. The number of ether oxygens (including phenoxy) is 2. The second kappa shape index (κ2) is 4.27. The zero-order valence-corrected chi connectivity index (χ0v) is 6.12. The highest BCUT2D eigenvalue weighted by molar-refractivity contribution is 6.13. The Kier molecular flexibility index (Phi) is 3.66. The number of carbonyl (C=O) groups excluding carboxylic acids is 2. The fourth-order valence-corrected chi connectivity index (χ4v) is 0.353. The minimum Gasteiger partial charge on any atom is -0.465 e. The van der Waals surface area contributed by atoms with Gasteiger partial charge < -0.3 is 9.47 Å². The van der Waals surface area contributed by atoms with Crippen LogP contribution in [0.15, 0.2) is 25.0 Å². The highest BCUT2D eigenvalue weighted by Gasteiger charge is 2.16. The zero-order valence-electron chi connectivity index (χ0n) is 6.12. The van der Waals surface area contributed by atoms with Crippen LogP contribution in [0.3, 0.4) is 0 Å². The molecule has 0 radical (unpaired) electrons. The van der Waals surface area contributed by atoms with Crippen molar-refractivity contribution < 1.29 is 19.1 Å². The van der Waals surface area contributed by atoms with Crippen molar-refractivity contribution in [3.63, 3.8) is 0 Å². The Bertz CT molecular complexity index is 204. The van der Waals surface area contributed by atoms with Crippen molar-refractivity contribution in [3.8, 4) is 0 Å². The Labute approximate surface area is 64.1 Å². The standard InChI is InChI=1S/C7H8O4/c1-4-11-7(9)5(2)6(8)10-3/h4H,1-2H2,3H3. The van der Waals surface area contributed by atoms with E-state index in [1.54, 1.807) is 0 Å². The molecule has 4 nitrogen and oxygen atoms in total. The fraction of sp³-hybridized carbons (Fsp3) is 0.143. The molecule has 0 heterocycles. The van der Waals surface area contributed by atoms with Crippen molar-refractivity contribution in [2.75, 3.05) is 7.11 Å². The molecule has 11 heavy (non-hydrogen) atoms. The zero-order chi connectivity index (χ0) is 8.85. The van der Waals surface area contributed by atoms with Crippen LogP contribution in [0.1, 0.15) is 0 Å². The van der Waals surface area contributed by atoms with Gasteiger partial charge in [-0.3, -0.25) is 0 Å². The number of hydrogen-bond acceptors (Lipinski definition) is 4. The van der Waals surface area contributed by atoms with Crippen LogP contribution in [-0.4, -0.2) is 19.0 Å². The van der Waals surface area contributed by atoms with Crippen LogP contribution >= 0.6 is 0 Å². The normalized spacial score (nSPS) is 8.09. The van der Waals surface area contributed by atoms with Crippen LogP contribution < -0.4 is 0 Å². The average molecular weight is 156 g/mol. The first-order chi connectivity index (χ1) is 5.13. The topological polar surface area (TPSA) is 52.6 Å². The lowest BCUT2D eigenvalue weighted by Crippen LogP contribution is -2.13. The van der Waals surface area contributed by atoms with Crippen LogP contribution in [0.5, 0.6) is 0 Å². The van der Waals surface area contributed by atoms with Gasteiger partial charge in [-0.1, -0.05) is 13.2 Å². The van der Waals surface area contributed by atoms with Crippen LogP contribution in [0, 0.1) is 0 Å². The van der Waals surface area contributed by atoms with E-state index in [4.69, 9.17) is 0 Å². The maximum atomic E-state index is 10.6. The Morgan fingerprint density at radius 2 is 1.91 bits per heavy atom. The van der Waals surface area contributed by atoms with Gasteiger partial charge in [0.05, 0.1) is 13.4 Å². The van der Waals surface area contributed by atoms with Crippen LogP contribution in [0.4, 0.5) is 0 Å². The predicted molar refractivity (Wildman–Crippen MR) is 37.4 cm³/mol. The van der Waals surface area contributed by atoms with E-state index in [0.29, 0.717) is 0 Å². The van der Waals surface area contributed by atoms with Gasteiger partial charge >= 0.3 is 11.9 Å². The molecule has 0 aromatic rings. The summed E-state index contributed by atoms with van der Waals surface area (Å²) in [7, 11) is 1.15. The second-order valence-electron chi connectivity index (χ2n) is 1.54. The molecule has 0 rings (SSSR count). The first kappa shape index (κ1) is 9.42. The molecule has 0 unspecified atom stereocenters. The van der Waals surface area contributed by atoms with Gasteiger partial charge in [0.1, 0.15) is 5.57 Å². The molecule has 0 saturated carbocycles. The summed E-state index contributed by atoms with van der Waals surface area (Å²) in [5.41, 5.74) is -0.354. The van der Waals surface area contributed by atoms with Crippen molar-refractivity contribution in [3.05, 3.63) is 25.0 Å². The summed E-state index contributed by atoms with van der Waals surface area (Å²) in [6.45, 7) is 6.28. The quantitative estimate of drug-likeness (QED) is 0.195. The molecule has 60 valence electrons. The van der Waals surface area contributed by atoms with Gasteiger partial charge in [-0.2, -0.15) is 0 Å². The molecule has 0 bridgehead atoms. The summed E-state index contributed by atoms with van der Waals surface area (Å²) in [6, 6.07) is 0. The summed E-state index contributed by atoms with van der Waals surface area (Å²) in [4.78, 5) is 21.2. The minimum absolute atomic E-state index is 0.354. The summed E-state index contributed by atoms with van der Waals surface area (Å²) in [6.07, 6.45) is 0.913. The van der Waals surface area contributed by atoms with Crippen molar-refractivity contribution >= 4 is 11.9 Å². The fourth-order valence-electron chi connectivity index (χ4n) is 0.353. The summed E-state index contributed by atoms with van der Waals surface area (Å²) in [5, 5.41) is 0. The maximum Gasteiger partial charge on any atom is 0.349 e. The molecule has 0 N–H and O–H groups in total. The summed E-state index contributed by atoms with van der Waals surface area (Å²) >= 11 is 0. The van der Waals surface area contributed by atoms with E-state index in [1.807, 2.05) is 0 Å². The third kappa shape index (κ3) is 2.66. The van der Waals surface area contributed by atoms with Gasteiger partial charge in [0.25, 0.3) is 0 Å². The summed E-state index contributed by atoms with van der Waals surface area (Å²) in [5.74, 6) is -1.66. The molecule has 0 aromatic heterocycles. The van der Waals surface area contributed by atoms with Crippen molar-refractivity contribution in [2.24, 2.45) is 0 Å². The first-order valence-electron chi connectivity index (χ1n) is 2.72. The van der Waals surface area contributed by atoms with E-state index >= 15 is 0 Å². The summed E-state index contributed by atoms with van der Waals surface area (Å²) < 4.78 is 8.46. The van der Waals surface area contributed by atoms with Gasteiger partial charge in [0.2, 0.25) is 0 Å². The van der Waals surface area contributed by atoms with E-state index in [2.05, 4.69) is 22.6 Å². The molecule has 0 spiro atoms. The third-order valence-corrected chi connectivity index (χ3v) is 0.869. The Balaban J connectivity index is 4.13. The van der Waals surface area contributed by atoms with Crippen LogP contribution in [0.25, 0.3) is 0 Å². The smallest absolute Gasteiger partial charge is 0.349 e. The molecular weight excluding hydrogens is 148 g/mol. The van der Waals surface area contributed by atoms with Crippen molar-refractivity contribution in [2.45, 2.75) is 0 Å². The van der Waals surface area contributed by atoms with E-state index in [1.165, 1.54) is 0 Å². The second-order valence-corrected chi connectivity index (χ2v) is 1.54. The highest BCUT2D eigenvalue weighted by atomic mass is 16.5. The van der Waals surface area contributed by atoms with Crippen molar-refractivity contribution in [1.82, 2.24) is 0 Å². The number of hydrogen-bond donors (Lipinski definition) is 0. The van der Waals surface area contributed by atoms with Crippen molar-refractivity contribution in [1.29, 1.82) is 0 Å². The van der Waals surface area contributed by atoms with Crippen LogP contribution in [0.2, 0.25) is 0 Å². The lowest BCUT2D eigenvalue weighted by molar-refractivity contribution is -0.142. The molecule has 0 amide bonds. The Hall–Kier alpha value is -1.58. The number of carbonyl (C=O) groups is 2. The third-order valence-electron chi connectivity index (χ3n) is 0.869. The average Bonchev–Trinajstić information content (AvgIpc) is 2.02. The molecule has 0 aliphatic heterocycles. The maximum absolute atomic E-state index is 10.6. The number of esters is 2. The molecule has 0 atom stereocenters. The van der Waals surface area contributed by atoms with Gasteiger partial charge in [-0.05, 0) is 0 Å². The minimum atomic E-state index is -0.855. The van der Waals surface area contributed by atoms with E-state index in [0.717, 1.165) is 13.4 Å². The lowest BCUT2D eigenvalue weighted by Gasteiger charge is -1.99. The van der Waals surface area contributed by atoms with Gasteiger partial charge in [-0.15, -0.1) is 0 Å². The lowest BCUT2D eigenvalue weighted by atomic mass is 10.3. The molecular formula is C7H8O4. The van der Waals surface area contributed by atoms with E-state index in [-0.39, 0.29) is 5.57 Å². The van der Waals surface area contributed by atoms with Gasteiger partial charge in [-0.25, -0.2) is 9.59 Å². The molecule has 4 heteroatoms. The predicted octanol–water partition coefficient (Wildman–Crippen LogP) is 0.402. The number of methoxy groups -OCH3 is 1. The highest BCUT2D eigenvalue weighted by Crippen LogP contribution is 1.96. The molecule has 0 saturated heterocycles. The SMILES string of the molecule is C=COC(=O)C(=C)C(=O)OC. The largest absolute Gasteiger partial charge is 0.465 e. The Morgan fingerprint density at radius 1 is 1.36 bits per heavy atom. The molecule has 0 aliphatic carbocycles. The van der Waals surface area contributed by atoms with Crippen LogP contribution in [-0.2, 0) is 19.1 Å². The first-order valence-corrected chi connectivity index (χ1v) is 2.72. The van der Waals surface area contributed by atoms with E-state index in [9.17, 15) is 9.59 Å². The molecule has 0 fully saturated rings. The molecule has 0 aliphatic rings.